The van der Waals surface area contributed by atoms with Crippen molar-refractivity contribution < 1.29 is 14.2 Å². The van der Waals surface area contributed by atoms with Gasteiger partial charge in [0, 0.05) is 19.0 Å². The van der Waals surface area contributed by atoms with Crippen molar-refractivity contribution in [2.24, 2.45) is 5.73 Å². The van der Waals surface area contributed by atoms with Crippen LogP contribution in [0.15, 0.2) is 6.07 Å². The molecule has 1 aromatic rings. The number of ether oxygens (including phenoxy) is 3. The molecule has 5 heteroatoms. The number of methoxy groups -OCH3 is 1. The van der Waals surface area contributed by atoms with Gasteiger partial charge in [0.25, 0.3) is 0 Å². The van der Waals surface area contributed by atoms with Crippen LogP contribution in [-0.4, -0.2) is 20.3 Å². The van der Waals surface area contributed by atoms with E-state index in [4.69, 9.17) is 31.5 Å². The van der Waals surface area contributed by atoms with Gasteiger partial charge in [-0.25, -0.2) is 0 Å². The Kier molecular flexibility index (Phi) is 3.41. The fourth-order valence-corrected chi connectivity index (χ4v) is 2.02. The lowest BCUT2D eigenvalue weighted by Gasteiger charge is -2.16. The molecule has 88 valence electrons. The maximum Gasteiger partial charge on any atom is 0.169 e. The van der Waals surface area contributed by atoms with Gasteiger partial charge in [-0.05, 0) is 0 Å². The SMILES string of the molecule is COc1c(Cl)cc2c(c1CN)OCCCO2. The van der Waals surface area contributed by atoms with Crippen molar-refractivity contribution in [2.75, 3.05) is 20.3 Å². The van der Waals surface area contributed by atoms with E-state index in [-0.39, 0.29) is 0 Å². The molecule has 4 nitrogen and oxygen atoms in total. The summed E-state index contributed by atoms with van der Waals surface area (Å²) < 4.78 is 16.4. The second-order valence-corrected chi connectivity index (χ2v) is 3.86. The first-order chi connectivity index (χ1) is 7.77. The Morgan fingerprint density at radius 1 is 1.44 bits per heavy atom. The monoisotopic (exact) mass is 243 g/mol. The molecule has 0 fully saturated rings. The Morgan fingerprint density at radius 3 is 2.88 bits per heavy atom. The summed E-state index contributed by atoms with van der Waals surface area (Å²) in [6.45, 7) is 1.54. The maximum atomic E-state index is 6.08. The van der Waals surface area contributed by atoms with Crippen molar-refractivity contribution in [1.82, 2.24) is 0 Å². The Morgan fingerprint density at radius 2 is 2.19 bits per heavy atom. The number of nitrogens with two attached hydrogens (primary N) is 1. The average molecular weight is 244 g/mol. The van der Waals surface area contributed by atoms with E-state index in [1.165, 1.54) is 0 Å². The molecule has 2 rings (SSSR count). The van der Waals surface area contributed by atoms with Crippen molar-refractivity contribution in [1.29, 1.82) is 0 Å². The lowest BCUT2D eigenvalue weighted by molar-refractivity contribution is 0.295. The standard InChI is InChI=1S/C11H14ClNO3/c1-14-10-7(6-13)11-9(5-8(10)12)15-3-2-4-16-11/h5H,2-4,6,13H2,1H3. The molecule has 0 unspecified atom stereocenters. The Bertz CT molecular complexity index is 395. The van der Waals surface area contributed by atoms with Gasteiger partial charge in [-0.2, -0.15) is 0 Å². The topological polar surface area (TPSA) is 53.7 Å². The highest BCUT2D eigenvalue weighted by atomic mass is 35.5. The molecule has 1 heterocycles. The number of hydrogen-bond donors (Lipinski definition) is 1. The summed E-state index contributed by atoms with van der Waals surface area (Å²) in [5.41, 5.74) is 6.45. The van der Waals surface area contributed by atoms with Crippen LogP contribution in [0.3, 0.4) is 0 Å². The van der Waals surface area contributed by atoms with Crippen molar-refractivity contribution in [3.8, 4) is 17.2 Å². The molecular weight excluding hydrogens is 230 g/mol. The molecule has 0 bridgehead atoms. The third kappa shape index (κ3) is 1.90. The van der Waals surface area contributed by atoms with E-state index in [0.717, 1.165) is 12.0 Å². The van der Waals surface area contributed by atoms with E-state index in [2.05, 4.69) is 0 Å². The average Bonchev–Trinajstić information content (AvgIpc) is 2.52. The Labute approximate surface area is 99.2 Å². The minimum atomic E-state index is 0.301. The highest BCUT2D eigenvalue weighted by Gasteiger charge is 2.21. The summed E-state index contributed by atoms with van der Waals surface area (Å²) in [5.74, 6) is 1.86. The summed E-state index contributed by atoms with van der Waals surface area (Å²) >= 11 is 6.08. The third-order valence-electron chi connectivity index (χ3n) is 2.45. The first-order valence-corrected chi connectivity index (χ1v) is 5.50. The molecule has 0 aromatic heterocycles. The van der Waals surface area contributed by atoms with Gasteiger partial charge in [0.05, 0.1) is 30.9 Å². The fraction of sp³-hybridized carbons (Fsp3) is 0.455. The summed E-state index contributed by atoms with van der Waals surface area (Å²) in [4.78, 5) is 0. The molecule has 0 amide bonds. The van der Waals surface area contributed by atoms with Gasteiger partial charge in [0.2, 0.25) is 0 Å². The maximum absolute atomic E-state index is 6.08. The fourth-order valence-electron chi connectivity index (χ4n) is 1.73. The largest absolute Gasteiger partial charge is 0.495 e. The van der Waals surface area contributed by atoms with Crippen LogP contribution in [0.4, 0.5) is 0 Å². The number of halogens is 1. The van der Waals surface area contributed by atoms with Crippen LogP contribution in [0.2, 0.25) is 5.02 Å². The van der Waals surface area contributed by atoms with Gasteiger partial charge in [0.1, 0.15) is 5.75 Å². The Hall–Kier alpha value is -1.13. The minimum Gasteiger partial charge on any atom is -0.495 e. The van der Waals surface area contributed by atoms with Gasteiger partial charge in [-0.1, -0.05) is 11.6 Å². The zero-order chi connectivity index (χ0) is 11.5. The smallest absolute Gasteiger partial charge is 0.169 e. The first kappa shape index (κ1) is 11.4. The van der Waals surface area contributed by atoms with Crippen LogP contribution in [0.25, 0.3) is 0 Å². The molecule has 16 heavy (non-hydrogen) atoms. The normalized spacial score (nSPS) is 14.4. The molecule has 2 N–H and O–H groups in total. The van der Waals surface area contributed by atoms with Crippen molar-refractivity contribution in [2.45, 2.75) is 13.0 Å². The van der Waals surface area contributed by atoms with Gasteiger partial charge in [-0.15, -0.1) is 0 Å². The van der Waals surface area contributed by atoms with E-state index in [1.807, 2.05) is 0 Å². The van der Waals surface area contributed by atoms with Crippen LogP contribution in [0.1, 0.15) is 12.0 Å². The summed E-state index contributed by atoms with van der Waals surface area (Å²) in [5, 5.41) is 0.493. The predicted octanol–water partition coefficient (Wildman–Crippen LogP) is 1.97. The molecule has 1 aliphatic heterocycles. The molecule has 1 aliphatic rings. The molecule has 0 atom stereocenters. The van der Waals surface area contributed by atoms with Gasteiger partial charge in [-0.3, -0.25) is 0 Å². The van der Waals surface area contributed by atoms with Crippen LogP contribution in [-0.2, 0) is 6.54 Å². The number of rotatable bonds is 2. The number of hydrogen-bond acceptors (Lipinski definition) is 4. The quantitative estimate of drug-likeness (QED) is 0.863. The zero-order valence-electron chi connectivity index (χ0n) is 9.09. The first-order valence-electron chi connectivity index (χ1n) is 5.13. The lowest BCUT2D eigenvalue weighted by Crippen LogP contribution is -2.05. The second kappa shape index (κ2) is 4.80. The van der Waals surface area contributed by atoms with Crippen molar-refractivity contribution in [3.63, 3.8) is 0 Å². The van der Waals surface area contributed by atoms with Crippen molar-refractivity contribution in [3.05, 3.63) is 16.7 Å². The van der Waals surface area contributed by atoms with E-state index >= 15 is 0 Å². The molecule has 0 saturated carbocycles. The highest BCUT2D eigenvalue weighted by molar-refractivity contribution is 6.32. The molecule has 0 spiro atoms. The lowest BCUT2D eigenvalue weighted by atomic mass is 10.1. The minimum absolute atomic E-state index is 0.301. The summed E-state index contributed by atoms with van der Waals surface area (Å²) in [6.07, 6.45) is 0.846. The Balaban J connectivity index is 2.56. The van der Waals surface area contributed by atoms with E-state index < -0.39 is 0 Å². The van der Waals surface area contributed by atoms with E-state index in [9.17, 15) is 0 Å². The van der Waals surface area contributed by atoms with E-state index in [0.29, 0.717) is 42.0 Å². The van der Waals surface area contributed by atoms with Gasteiger partial charge in [0.15, 0.2) is 11.5 Å². The predicted molar refractivity (Wildman–Crippen MR) is 61.5 cm³/mol. The highest BCUT2D eigenvalue weighted by Crippen LogP contribution is 2.43. The molecule has 0 saturated heterocycles. The molecule has 0 radical (unpaired) electrons. The molecular formula is C11H14ClNO3. The number of fused-ring (bicyclic) bond motifs is 1. The number of benzene rings is 1. The zero-order valence-corrected chi connectivity index (χ0v) is 9.84. The summed E-state index contributed by atoms with van der Waals surface area (Å²) in [6, 6.07) is 1.71. The second-order valence-electron chi connectivity index (χ2n) is 3.45. The molecule has 1 aromatic carbocycles. The van der Waals surface area contributed by atoms with Gasteiger partial charge < -0.3 is 19.9 Å². The van der Waals surface area contributed by atoms with Gasteiger partial charge >= 0.3 is 0 Å². The summed E-state index contributed by atoms with van der Waals surface area (Å²) in [7, 11) is 1.56. The van der Waals surface area contributed by atoms with Crippen LogP contribution in [0, 0.1) is 0 Å². The molecule has 0 aliphatic carbocycles. The van der Waals surface area contributed by atoms with Crippen LogP contribution >= 0.6 is 11.6 Å². The third-order valence-corrected chi connectivity index (χ3v) is 2.73. The van der Waals surface area contributed by atoms with Crippen molar-refractivity contribution >= 4 is 11.6 Å². The van der Waals surface area contributed by atoms with E-state index in [1.54, 1.807) is 13.2 Å². The van der Waals surface area contributed by atoms with Crippen LogP contribution in [0.5, 0.6) is 17.2 Å². The van der Waals surface area contributed by atoms with Crippen LogP contribution < -0.4 is 19.9 Å².